The van der Waals surface area contributed by atoms with E-state index in [0.717, 1.165) is 12.3 Å². The van der Waals surface area contributed by atoms with Crippen molar-refractivity contribution in [2.24, 2.45) is 11.8 Å². The van der Waals surface area contributed by atoms with Crippen molar-refractivity contribution < 1.29 is 5.11 Å². The second-order valence-electron chi connectivity index (χ2n) is 6.21. The Morgan fingerprint density at radius 1 is 1.11 bits per heavy atom. The monoisotopic (exact) mass is 246 g/mol. The fourth-order valence-electron chi connectivity index (χ4n) is 3.01. The van der Waals surface area contributed by atoms with Gasteiger partial charge in [0.05, 0.1) is 6.10 Å². The zero-order chi connectivity index (χ0) is 13.1. The maximum absolute atomic E-state index is 10.4. The zero-order valence-corrected chi connectivity index (χ0v) is 11.9. The lowest BCUT2D eigenvalue weighted by Gasteiger charge is -2.30. The number of benzene rings is 1. The summed E-state index contributed by atoms with van der Waals surface area (Å²) in [5.74, 6) is 1.37. The molecule has 0 radical (unpaired) electrons. The summed E-state index contributed by atoms with van der Waals surface area (Å²) in [5, 5.41) is 10.4. The molecule has 1 aliphatic carbocycles. The molecule has 0 spiro atoms. The standard InChI is InChI=1S/C17H26O/c1-12-4-8-16(9-5-12)17(18)11-15-7-6-13(2)14(3)10-15/h6-7,10,12,16-18H,4-5,8-9,11H2,1-3H3. The van der Waals surface area contributed by atoms with E-state index in [1.807, 2.05) is 0 Å². The summed E-state index contributed by atoms with van der Waals surface area (Å²) in [6, 6.07) is 6.56. The van der Waals surface area contributed by atoms with E-state index in [4.69, 9.17) is 0 Å². The SMILES string of the molecule is Cc1ccc(CC(O)C2CCC(C)CC2)cc1C. The molecule has 1 aromatic carbocycles. The zero-order valence-electron chi connectivity index (χ0n) is 11.9. The second kappa shape index (κ2) is 5.88. The lowest BCUT2D eigenvalue weighted by atomic mass is 9.79. The summed E-state index contributed by atoms with van der Waals surface area (Å²) >= 11 is 0. The summed E-state index contributed by atoms with van der Waals surface area (Å²) in [5.41, 5.74) is 3.95. The van der Waals surface area contributed by atoms with Gasteiger partial charge in [-0.05, 0) is 61.6 Å². The highest BCUT2D eigenvalue weighted by Crippen LogP contribution is 2.31. The third kappa shape index (κ3) is 3.35. The van der Waals surface area contributed by atoms with Gasteiger partial charge in [-0.15, -0.1) is 0 Å². The first-order valence-electron chi connectivity index (χ1n) is 7.30. The maximum atomic E-state index is 10.4. The highest BCUT2D eigenvalue weighted by Gasteiger charge is 2.24. The highest BCUT2D eigenvalue weighted by atomic mass is 16.3. The van der Waals surface area contributed by atoms with Crippen LogP contribution in [0.25, 0.3) is 0 Å². The molecule has 18 heavy (non-hydrogen) atoms. The quantitative estimate of drug-likeness (QED) is 0.853. The number of hydrogen-bond donors (Lipinski definition) is 1. The Morgan fingerprint density at radius 3 is 2.39 bits per heavy atom. The Hall–Kier alpha value is -0.820. The molecule has 0 amide bonds. The van der Waals surface area contributed by atoms with Gasteiger partial charge in [0.25, 0.3) is 0 Å². The molecular weight excluding hydrogens is 220 g/mol. The Bertz CT molecular complexity index is 389. The summed E-state index contributed by atoms with van der Waals surface area (Å²) < 4.78 is 0. The molecule has 0 heterocycles. The molecule has 0 aromatic heterocycles. The molecule has 0 saturated heterocycles. The third-order valence-electron chi connectivity index (χ3n) is 4.62. The number of hydrogen-bond acceptors (Lipinski definition) is 1. The topological polar surface area (TPSA) is 20.2 Å². The molecule has 1 heteroatoms. The van der Waals surface area contributed by atoms with Crippen LogP contribution in [0.5, 0.6) is 0 Å². The van der Waals surface area contributed by atoms with Crippen molar-refractivity contribution >= 4 is 0 Å². The van der Waals surface area contributed by atoms with Crippen LogP contribution in [0.3, 0.4) is 0 Å². The van der Waals surface area contributed by atoms with E-state index in [2.05, 4.69) is 39.0 Å². The average molecular weight is 246 g/mol. The first-order chi connectivity index (χ1) is 8.56. The van der Waals surface area contributed by atoms with Crippen LogP contribution >= 0.6 is 0 Å². The lowest BCUT2D eigenvalue weighted by Crippen LogP contribution is -2.26. The van der Waals surface area contributed by atoms with E-state index in [1.54, 1.807) is 0 Å². The van der Waals surface area contributed by atoms with Gasteiger partial charge in [0.2, 0.25) is 0 Å². The Labute approximate surface area is 111 Å². The van der Waals surface area contributed by atoms with E-state index < -0.39 is 0 Å². The molecule has 1 N–H and O–H groups in total. The fourth-order valence-corrected chi connectivity index (χ4v) is 3.01. The highest BCUT2D eigenvalue weighted by molar-refractivity contribution is 5.30. The smallest absolute Gasteiger partial charge is 0.0608 e. The van der Waals surface area contributed by atoms with E-state index in [1.165, 1.54) is 42.4 Å². The number of aryl methyl sites for hydroxylation is 2. The van der Waals surface area contributed by atoms with Crippen LogP contribution in [0.2, 0.25) is 0 Å². The minimum absolute atomic E-state index is 0.153. The van der Waals surface area contributed by atoms with Crippen LogP contribution in [0, 0.1) is 25.7 Å². The van der Waals surface area contributed by atoms with Gasteiger partial charge >= 0.3 is 0 Å². The van der Waals surface area contributed by atoms with Crippen LogP contribution in [0.4, 0.5) is 0 Å². The predicted octanol–water partition coefficient (Wildman–Crippen LogP) is 4.03. The van der Waals surface area contributed by atoms with Crippen LogP contribution in [-0.4, -0.2) is 11.2 Å². The van der Waals surface area contributed by atoms with Crippen molar-refractivity contribution in [3.63, 3.8) is 0 Å². The molecule has 1 atom stereocenters. The molecule has 100 valence electrons. The molecule has 1 unspecified atom stereocenters. The summed E-state index contributed by atoms with van der Waals surface area (Å²) in [6.07, 6.45) is 5.64. The molecule has 1 aliphatic rings. The van der Waals surface area contributed by atoms with Crippen LogP contribution in [0.1, 0.15) is 49.3 Å². The van der Waals surface area contributed by atoms with Crippen molar-refractivity contribution in [1.29, 1.82) is 0 Å². The molecule has 1 aromatic rings. The Kier molecular flexibility index (Phi) is 4.45. The van der Waals surface area contributed by atoms with Crippen molar-refractivity contribution in [2.75, 3.05) is 0 Å². The number of rotatable bonds is 3. The molecule has 1 fully saturated rings. The normalized spacial score (nSPS) is 26.0. The average Bonchev–Trinajstić information content (AvgIpc) is 2.34. The first kappa shape index (κ1) is 13.6. The van der Waals surface area contributed by atoms with Gasteiger partial charge < -0.3 is 5.11 Å². The van der Waals surface area contributed by atoms with Gasteiger partial charge in [-0.25, -0.2) is 0 Å². The van der Waals surface area contributed by atoms with Crippen LogP contribution in [0.15, 0.2) is 18.2 Å². The van der Waals surface area contributed by atoms with E-state index in [9.17, 15) is 5.11 Å². The molecule has 0 bridgehead atoms. The van der Waals surface area contributed by atoms with Gasteiger partial charge in [-0.3, -0.25) is 0 Å². The largest absolute Gasteiger partial charge is 0.392 e. The van der Waals surface area contributed by atoms with Gasteiger partial charge in [0.15, 0.2) is 0 Å². The summed E-state index contributed by atoms with van der Waals surface area (Å²) in [6.45, 7) is 6.61. The molecule has 0 aliphatic heterocycles. The van der Waals surface area contributed by atoms with Crippen molar-refractivity contribution in [1.82, 2.24) is 0 Å². The van der Waals surface area contributed by atoms with Crippen molar-refractivity contribution in [2.45, 2.75) is 59.0 Å². The minimum Gasteiger partial charge on any atom is -0.392 e. The Morgan fingerprint density at radius 2 is 1.78 bits per heavy atom. The predicted molar refractivity (Wildman–Crippen MR) is 76.7 cm³/mol. The van der Waals surface area contributed by atoms with Crippen molar-refractivity contribution in [3.8, 4) is 0 Å². The van der Waals surface area contributed by atoms with Crippen LogP contribution < -0.4 is 0 Å². The molecule has 1 nitrogen and oxygen atoms in total. The second-order valence-corrected chi connectivity index (χ2v) is 6.21. The fraction of sp³-hybridized carbons (Fsp3) is 0.647. The first-order valence-corrected chi connectivity index (χ1v) is 7.30. The summed E-state index contributed by atoms with van der Waals surface area (Å²) in [7, 11) is 0. The van der Waals surface area contributed by atoms with E-state index in [0.29, 0.717) is 5.92 Å². The third-order valence-corrected chi connectivity index (χ3v) is 4.62. The summed E-state index contributed by atoms with van der Waals surface area (Å²) in [4.78, 5) is 0. The molecule has 1 saturated carbocycles. The molecule has 2 rings (SSSR count). The van der Waals surface area contributed by atoms with Crippen molar-refractivity contribution in [3.05, 3.63) is 34.9 Å². The number of aliphatic hydroxyl groups is 1. The van der Waals surface area contributed by atoms with Gasteiger partial charge in [-0.1, -0.05) is 38.0 Å². The van der Waals surface area contributed by atoms with Gasteiger partial charge in [0.1, 0.15) is 0 Å². The Balaban J connectivity index is 1.94. The van der Waals surface area contributed by atoms with Gasteiger partial charge in [0, 0.05) is 0 Å². The molecular formula is C17H26O. The number of aliphatic hydroxyl groups excluding tert-OH is 1. The maximum Gasteiger partial charge on any atom is 0.0608 e. The van der Waals surface area contributed by atoms with Crippen LogP contribution in [-0.2, 0) is 6.42 Å². The van der Waals surface area contributed by atoms with Gasteiger partial charge in [-0.2, -0.15) is 0 Å². The van der Waals surface area contributed by atoms with E-state index in [-0.39, 0.29) is 6.10 Å². The van der Waals surface area contributed by atoms with E-state index >= 15 is 0 Å². The lowest BCUT2D eigenvalue weighted by molar-refractivity contribution is 0.0761. The minimum atomic E-state index is -0.153.